The average Bonchev–Trinajstić information content (AvgIpc) is 3.08. The van der Waals surface area contributed by atoms with Gasteiger partial charge in [-0.15, -0.1) is 0 Å². The molecule has 7 heteroatoms. The van der Waals surface area contributed by atoms with E-state index < -0.39 is 0 Å². The molecule has 2 aliphatic heterocycles. The van der Waals surface area contributed by atoms with Gasteiger partial charge in [0.1, 0.15) is 5.82 Å². The smallest absolute Gasteiger partial charge is 0.222 e. The predicted molar refractivity (Wildman–Crippen MR) is 95.3 cm³/mol. The third-order valence-corrected chi connectivity index (χ3v) is 4.72. The Labute approximate surface area is 146 Å². The van der Waals surface area contributed by atoms with E-state index in [1.807, 2.05) is 18.2 Å². The van der Waals surface area contributed by atoms with Gasteiger partial charge in [0.15, 0.2) is 0 Å². The highest BCUT2D eigenvalue weighted by atomic mass is 16.5. The normalized spacial score (nSPS) is 20.6. The lowest BCUT2D eigenvalue weighted by molar-refractivity contribution is -0.119. The molecule has 2 fully saturated rings. The first-order valence-corrected chi connectivity index (χ1v) is 8.53. The molecule has 0 radical (unpaired) electrons. The second-order valence-corrected chi connectivity index (χ2v) is 6.40. The quantitative estimate of drug-likeness (QED) is 0.872. The summed E-state index contributed by atoms with van der Waals surface area (Å²) in [6.07, 6.45) is 0.557. The molecule has 3 N–H and O–H groups in total. The number of rotatable bonds is 3. The molecule has 2 saturated heterocycles. The van der Waals surface area contributed by atoms with Crippen molar-refractivity contribution in [3.05, 3.63) is 35.9 Å². The fourth-order valence-corrected chi connectivity index (χ4v) is 3.32. The van der Waals surface area contributed by atoms with Gasteiger partial charge in [0.2, 0.25) is 11.9 Å². The molecule has 1 aromatic carbocycles. The zero-order valence-corrected chi connectivity index (χ0v) is 13.9. The van der Waals surface area contributed by atoms with E-state index in [-0.39, 0.29) is 17.8 Å². The van der Waals surface area contributed by atoms with Gasteiger partial charge in [-0.25, -0.2) is 4.98 Å². The standard InChI is InChI=1S/C18H21N5O2/c19-18-21-15(10-16(22-18)23-5-7-25-8-6-23)13-3-1-12(2-4-13)14-9-17(24)20-11-14/h1-4,10,14H,5-9,11H2,(H,20,24)(H2,19,21,22). The van der Waals surface area contributed by atoms with E-state index >= 15 is 0 Å². The number of ether oxygens (including phenoxy) is 1. The number of amides is 1. The van der Waals surface area contributed by atoms with E-state index in [1.54, 1.807) is 0 Å². The van der Waals surface area contributed by atoms with E-state index in [4.69, 9.17) is 10.5 Å². The van der Waals surface area contributed by atoms with Crippen LogP contribution in [0.3, 0.4) is 0 Å². The average molecular weight is 339 g/mol. The van der Waals surface area contributed by atoms with E-state index in [1.165, 1.54) is 0 Å². The number of carbonyl (C=O) groups excluding carboxylic acids is 1. The molecule has 3 heterocycles. The number of hydrogen-bond donors (Lipinski definition) is 2. The highest BCUT2D eigenvalue weighted by Crippen LogP contribution is 2.27. The van der Waals surface area contributed by atoms with Crippen LogP contribution in [0.1, 0.15) is 17.9 Å². The van der Waals surface area contributed by atoms with Crippen molar-refractivity contribution >= 4 is 17.7 Å². The van der Waals surface area contributed by atoms with Crippen molar-refractivity contribution < 1.29 is 9.53 Å². The van der Waals surface area contributed by atoms with E-state index in [0.29, 0.717) is 26.2 Å². The molecule has 0 bridgehead atoms. The summed E-state index contributed by atoms with van der Waals surface area (Å²) in [7, 11) is 0. The van der Waals surface area contributed by atoms with Crippen molar-refractivity contribution in [3.63, 3.8) is 0 Å². The molecule has 4 rings (SSSR count). The lowest BCUT2D eigenvalue weighted by Crippen LogP contribution is -2.36. The van der Waals surface area contributed by atoms with Crippen LogP contribution in [0, 0.1) is 0 Å². The number of benzene rings is 1. The fraction of sp³-hybridized carbons (Fsp3) is 0.389. The van der Waals surface area contributed by atoms with Crippen LogP contribution in [0.15, 0.2) is 30.3 Å². The van der Waals surface area contributed by atoms with Gasteiger partial charge in [0, 0.05) is 43.6 Å². The van der Waals surface area contributed by atoms with Crippen molar-refractivity contribution in [1.29, 1.82) is 0 Å². The number of nitrogens with one attached hydrogen (secondary N) is 1. The summed E-state index contributed by atoms with van der Waals surface area (Å²) in [5.74, 6) is 1.47. The van der Waals surface area contributed by atoms with Crippen molar-refractivity contribution in [2.45, 2.75) is 12.3 Å². The van der Waals surface area contributed by atoms with Gasteiger partial charge in [-0.05, 0) is 5.56 Å². The summed E-state index contributed by atoms with van der Waals surface area (Å²) in [5.41, 5.74) is 8.88. The Morgan fingerprint density at radius 3 is 2.60 bits per heavy atom. The second-order valence-electron chi connectivity index (χ2n) is 6.40. The Morgan fingerprint density at radius 1 is 1.16 bits per heavy atom. The van der Waals surface area contributed by atoms with Crippen LogP contribution in [0.5, 0.6) is 0 Å². The number of hydrogen-bond acceptors (Lipinski definition) is 6. The number of carbonyl (C=O) groups is 1. The molecular weight excluding hydrogens is 318 g/mol. The Kier molecular flexibility index (Phi) is 4.23. The number of nitrogen functional groups attached to an aromatic ring is 1. The summed E-state index contributed by atoms with van der Waals surface area (Å²) in [4.78, 5) is 22.3. The van der Waals surface area contributed by atoms with Gasteiger partial charge in [-0.3, -0.25) is 4.79 Å². The van der Waals surface area contributed by atoms with Crippen molar-refractivity contribution in [3.8, 4) is 11.3 Å². The molecule has 0 saturated carbocycles. The molecule has 7 nitrogen and oxygen atoms in total. The fourth-order valence-electron chi connectivity index (χ4n) is 3.32. The molecule has 1 unspecified atom stereocenters. The molecule has 0 spiro atoms. The van der Waals surface area contributed by atoms with Gasteiger partial charge < -0.3 is 20.7 Å². The first-order valence-electron chi connectivity index (χ1n) is 8.53. The lowest BCUT2D eigenvalue weighted by Gasteiger charge is -2.28. The molecule has 2 aromatic rings. The van der Waals surface area contributed by atoms with Crippen LogP contribution in [0.2, 0.25) is 0 Å². The summed E-state index contributed by atoms with van der Waals surface area (Å²) in [6.45, 7) is 3.71. The second kappa shape index (κ2) is 6.68. The number of nitrogens with zero attached hydrogens (tertiary/aromatic N) is 3. The lowest BCUT2D eigenvalue weighted by atomic mass is 9.96. The monoisotopic (exact) mass is 339 g/mol. The molecule has 2 aliphatic rings. The van der Waals surface area contributed by atoms with Crippen LogP contribution in [0.4, 0.5) is 11.8 Å². The summed E-state index contributed by atoms with van der Waals surface area (Å²) >= 11 is 0. The number of nitrogens with two attached hydrogens (primary N) is 1. The van der Waals surface area contributed by atoms with Crippen molar-refractivity contribution in [2.24, 2.45) is 0 Å². The molecule has 0 aliphatic carbocycles. The van der Waals surface area contributed by atoms with Gasteiger partial charge >= 0.3 is 0 Å². The predicted octanol–water partition coefficient (Wildman–Crippen LogP) is 1.17. The molecule has 130 valence electrons. The van der Waals surface area contributed by atoms with E-state index in [2.05, 4.69) is 32.3 Å². The molecular formula is C18H21N5O2. The zero-order chi connectivity index (χ0) is 17.2. The molecule has 1 aromatic heterocycles. The van der Waals surface area contributed by atoms with Gasteiger partial charge in [-0.1, -0.05) is 24.3 Å². The number of morpholine rings is 1. The van der Waals surface area contributed by atoms with Gasteiger partial charge in [0.05, 0.1) is 18.9 Å². The van der Waals surface area contributed by atoms with E-state index in [0.717, 1.165) is 35.7 Å². The van der Waals surface area contributed by atoms with Crippen LogP contribution < -0.4 is 16.0 Å². The molecule has 25 heavy (non-hydrogen) atoms. The number of anilines is 2. The first kappa shape index (κ1) is 15.8. The summed E-state index contributed by atoms with van der Waals surface area (Å²) < 4.78 is 5.39. The highest BCUT2D eigenvalue weighted by Gasteiger charge is 2.23. The molecule has 1 atom stereocenters. The minimum Gasteiger partial charge on any atom is -0.378 e. The third kappa shape index (κ3) is 3.41. The SMILES string of the molecule is Nc1nc(-c2ccc(C3CNC(=O)C3)cc2)cc(N2CCOCC2)n1. The Bertz CT molecular complexity index is 772. The van der Waals surface area contributed by atoms with Crippen molar-refractivity contribution in [1.82, 2.24) is 15.3 Å². The maximum absolute atomic E-state index is 11.4. The van der Waals surface area contributed by atoms with Crippen molar-refractivity contribution in [2.75, 3.05) is 43.5 Å². The minimum atomic E-state index is 0.118. The van der Waals surface area contributed by atoms with Crippen LogP contribution in [-0.4, -0.2) is 48.7 Å². The van der Waals surface area contributed by atoms with Crippen LogP contribution >= 0.6 is 0 Å². The topological polar surface area (TPSA) is 93.4 Å². The highest BCUT2D eigenvalue weighted by molar-refractivity contribution is 5.79. The Morgan fingerprint density at radius 2 is 1.92 bits per heavy atom. The Balaban J connectivity index is 1.58. The maximum Gasteiger partial charge on any atom is 0.222 e. The summed E-state index contributed by atoms with van der Waals surface area (Å²) in [5, 5.41) is 2.87. The largest absolute Gasteiger partial charge is 0.378 e. The Hall–Kier alpha value is -2.67. The minimum absolute atomic E-state index is 0.118. The maximum atomic E-state index is 11.4. The van der Waals surface area contributed by atoms with Crippen LogP contribution in [-0.2, 0) is 9.53 Å². The zero-order valence-electron chi connectivity index (χ0n) is 13.9. The van der Waals surface area contributed by atoms with Gasteiger partial charge in [-0.2, -0.15) is 4.98 Å². The third-order valence-electron chi connectivity index (χ3n) is 4.72. The van der Waals surface area contributed by atoms with Crippen LogP contribution in [0.25, 0.3) is 11.3 Å². The van der Waals surface area contributed by atoms with Gasteiger partial charge in [0.25, 0.3) is 0 Å². The molecule has 1 amide bonds. The first-order chi connectivity index (χ1) is 12.2. The summed E-state index contributed by atoms with van der Waals surface area (Å²) in [6, 6.07) is 10.2. The van der Waals surface area contributed by atoms with E-state index in [9.17, 15) is 4.79 Å². The number of aromatic nitrogens is 2.